The standard InChI is InChI=1S/C15H12N2O2/c1-17-9-5-8-12(17)10-13-15(18)19-14(16-13)11-6-3-2-4-7-11/h2-10H,1H3/b13-10-. The van der Waals surface area contributed by atoms with Crippen molar-refractivity contribution in [3.05, 3.63) is 65.6 Å². The SMILES string of the molecule is Cn1cccc1/C=C1\N=C(c2ccccc2)OC1=O. The fraction of sp³-hybridized carbons (Fsp3) is 0.0667. The van der Waals surface area contributed by atoms with Crippen molar-refractivity contribution >= 4 is 17.9 Å². The van der Waals surface area contributed by atoms with Crippen LogP contribution in [0.5, 0.6) is 0 Å². The molecular weight excluding hydrogens is 240 g/mol. The molecule has 0 radical (unpaired) electrons. The Morgan fingerprint density at radius 1 is 1.16 bits per heavy atom. The zero-order chi connectivity index (χ0) is 13.2. The van der Waals surface area contributed by atoms with Crippen LogP contribution in [0.25, 0.3) is 6.08 Å². The van der Waals surface area contributed by atoms with E-state index in [1.54, 1.807) is 6.08 Å². The van der Waals surface area contributed by atoms with E-state index in [4.69, 9.17) is 4.74 Å². The second kappa shape index (κ2) is 4.57. The molecule has 4 nitrogen and oxygen atoms in total. The Kier molecular flexibility index (Phi) is 2.76. The lowest BCUT2D eigenvalue weighted by Crippen LogP contribution is -2.05. The molecule has 0 bridgehead atoms. The first-order chi connectivity index (χ1) is 9.24. The fourth-order valence-corrected chi connectivity index (χ4v) is 1.88. The van der Waals surface area contributed by atoms with Gasteiger partial charge in [0.1, 0.15) is 0 Å². The van der Waals surface area contributed by atoms with Gasteiger partial charge in [0.2, 0.25) is 5.90 Å². The zero-order valence-electron chi connectivity index (χ0n) is 10.4. The van der Waals surface area contributed by atoms with Gasteiger partial charge in [-0.3, -0.25) is 0 Å². The highest BCUT2D eigenvalue weighted by molar-refractivity contribution is 6.12. The van der Waals surface area contributed by atoms with Crippen LogP contribution in [0, 0.1) is 0 Å². The van der Waals surface area contributed by atoms with E-state index in [1.165, 1.54) is 0 Å². The number of hydrogen-bond donors (Lipinski definition) is 0. The highest BCUT2D eigenvalue weighted by Crippen LogP contribution is 2.18. The first-order valence-corrected chi connectivity index (χ1v) is 5.93. The first-order valence-electron chi connectivity index (χ1n) is 5.93. The van der Waals surface area contributed by atoms with Gasteiger partial charge in [-0.25, -0.2) is 9.79 Å². The Balaban J connectivity index is 1.96. The largest absolute Gasteiger partial charge is 0.402 e. The maximum Gasteiger partial charge on any atom is 0.363 e. The number of carbonyl (C=O) groups is 1. The molecular formula is C15H12N2O2. The predicted octanol–water partition coefficient (Wildman–Crippen LogP) is 2.37. The predicted molar refractivity (Wildman–Crippen MR) is 72.5 cm³/mol. The summed E-state index contributed by atoms with van der Waals surface area (Å²) in [7, 11) is 1.91. The Labute approximate surface area is 110 Å². The van der Waals surface area contributed by atoms with Crippen LogP contribution in [0.15, 0.2) is 59.4 Å². The lowest BCUT2D eigenvalue weighted by molar-refractivity contribution is -0.129. The topological polar surface area (TPSA) is 43.6 Å². The minimum Gasteiger partial charge on any atom is -0.402 e. The van der Waals surface area contributed by atoms with Gasteiger partial charge < -0.3 is 9.30 Å². The van der Waals surface area contributed by atoms with Gasteiger partial charge in [0.05, 0.1) is 0 Å². The number of hydrogen-bond acceptors (Lipinski definition) is 3. The zero-order valence-corrected chi connectivity index (χ0v) is 10.4. The molecule has 0 saturated heterocycles. The molecule has 0 N–H and O–H groups in total. The number of aliphatic imine (C=N–C) groups is 1. The number of aryl methyl sites for hydroxylation is 1. The normalized spacial score (nSPS) is 16.6. The summed E-state index contributed by atoms with van der Waals surface area (Å²) in [6.07, 6.45) is 3.63. The molecule has 4 heteroatoms. The Morgan fingerprint density at radius 2 is 1.95 bits per heavy atom. The van der Waals surface area contributed by atoms with Gasteiger partial charge in [-0.1, -0.05) is 18.2 Å². The summed E-state index contributed by atoms with van der Waals surface area (Å²) in [6.45, 7) is 0. The second-order valence-corrected chi connectivity index (χ2v) is 4.25. The van der Waals surface area contributed by atoms with Crippen molar-refractivity contribution in [1.82, 2.24) is 4.57 Å². The Morgan fingerprint density at radius 3 is 2.63 bits per heavy atom. The number of nitrogens with zero attached hydrogens (tertiary/aromatic N) is 2. The minimum absolute atomic E-state index is 0.320. The maximum absolute atomic E-state index is 11.8. The second-order valence-electron chi connectivity index (χ2n) is 4.25. The van der Waals surface area contributed by atoms with E-state index in [9.17, 15) is 4.79 Å². The van der Waals surface area contributed by atoms with E-state index in [2.05, 4.69) is 4.99 Å². The molecule has 2 aromatic rings. The van der Waals surface area contributed by atoms with E-state index < -0.39 is 5.97 Å². The summed E-state index contributed by atoms with van der Waals surface area (Å²) < 4.78 is 7.10. The van der Waals surface area contributed by atoms with Gasteiger partial charge in [-0.05, 0) is 30.3 Å². The molecule has 2 heterocycles. The van der Waals surface area contributed by atoms with Crippen LogP contribution < -0.4 is 0 Å². The summed E-state index contributed by atoms with van der Waals surface area (Å²) in [5.74, 6) is -0.0638. The quantitative estimate of drug-likeness (QED) is 0.608. The van der Waals surface area contributed by atoms with E-state index in [-0.39, 0.29) is 0 Å². The molecule has 94 valence electrons. The van der Waals surface area contributed by atoms with Crippen LogP contribution >= 0.6 is 0 Å². The first kappa shape index (κ1) is 11.5. The van der Waals surface area contributed by atoms with E-state index >= 15 is 0 Å². The third-order valence-electron chi connectivity index (χ3n) is 2.91. The third-order valence-corrected chi connectivity index (χ3v) is 2.91. The molecule has 0 amide bonds. The number of esters is 1. The lowest BCUT2D eigenvalue weighted by Gasteiger charge is -1.97. The highest BCUT2D eigenvalue weighted by atomic mass is 16.6. The van der Waals surface area contributed by atoms with E-state index in [1.807, 2.05) is 60.3 Å². The van der Waals surface area contributed by atoms with Gasteiger partial charge >= 0.3 is 5.97 Å². The van der Waals surface area contributed by atoms with E-state index in [0.29, 0.717) is 11.6 Å². The summed E-state index contributed by atoms with van der Waals surface area (Å²) in [6, 6.07) is 13.2. The molecule has 19 heavy (non-hydrogen) atoms. The Bertz CT molecular complexity index is 681. The number of cyclic esters (lactones) is 1. The molecule has 1 aliphatic heterocycles. The average Bonchev–Trinajstić information content (AvgIpc) is 2.99. The van der Waals surface area contributed by atoms with Gasteiger partial charge in [-0.15, -0.1) is 0 Å². The molecule has 0 unspecified atom stereocenters. The summed E-state index contributed by atoms with van der Waals surface area (Å²) in [5, 5.41) is 0. The Hall–Kier alpha value is -2.62. The van der Waals surface area contributed by atoms with Gasteiger partial charge in [0, 0.05) is 24.5 Å². The molecule has 1 aliphatic rings. The summed E-state index contributed by atoms with van der Waals surface area (Å²) >= 11 is 0. The number of carbonyl (C=O) groups excluding carboxylic acids is 1. The maximum atomic E-state index is 11.8. The van der Waals surface area contributed by atoms with Crippen LogP contribution in [0.3, 0.4) is 0 Å². The number of ether oxygens (including phenoxy) is 1. The van der Waals surface area contributed by atoms with Crippen molar-refractivity contribution in [1.29, 1.82) is 0 Å². The van der Waals surface area contributed by atoms with Crippen molar-refractivity contribution in [2.24, 2.45) is 12.0 Å². The molecule has 1 aromatic carbocycles. The van der Waals surface area contributed by atoms with E-state index in [0.717, 1.165) is 11.3 Å². The van der Waals surface area contributed by atoms with Crippen molar-refractivity contribution in [3.8, 4) is 0 Å². The van der Waals surface area contributed by atoms with Crippen LogP contribution in [-0.4, -0.2) is 16.4 Å². The molecule has 3 rings (SSSR count). The smallest absolute Gasteiger partial charge is 0.363 e. The van der Waals surface area contributed by atoms with Crippen LogP contribution in [-0.2, 0) is 16.6 Å². The van der Waals surface area contributed by atoms with Gasteiger partial charge in [0.15, 0.2) is 5.70 Å². The minimum atomic E-state index is -0.417. The highest BCUT2D eigenvalue weighted by Gasteiger charge is 2.24. The molecule has 0 saturated carbocycles. The molecule has 0 aliphatic carbocycles. The van der Waals surface area contributed by atoms with Gasteiger partial charge in [-0.2, -0.15) is 0 Å². The lowest BCUT2D eigenvalue weighted by atomic mass is 10.2. The summed E-state index contributed by atoms with van der Waals surface area (Å²) in [5.41, 5.74) is 2.02. The van der Waals surface area contributed by atoms with Crippen LogP contribution in [0.1, 0.15) is 11.3 Å². The average molecular weight is 252 g/mol. The monoisotopic (exact) mass is 252 g/mol. The number of benzene rings is 1. The number of rotatable bonds is 2. The van der Waals surface area contributed by atoms with Crippen molar-refractivity contribution < 1.29 is 9.53 Å². The molecule has 0 atom stereocenters. The van der Waals surface area contributed by atoms with Crippen LogP contribution in [0.4, 0.5) is 0 Å². The van der Waals surface area contributed by atoms with Crippen molar-refractivity contribution in [2.45, 2.75) is 0 Å². The molecule has 0 fully saturated rings. The van der Waals surface area contributed by atoms with Crippen molar-refractivity contribution in [3.63, 3.8) is 0 Å². The van der Waals surface area contributed by atoms with Crippen molar-refractivity contribution in [2.75, 3.05) is 0 Å². The molecule has 0 spiro atoms. The molecule has 1 aromatic heterocycles. The summed E-state index contributed by atoms with van der Waals surface area (Å²) in [4.78, 5) is 16.0. The number of aromatic nitrogens is 1. The fourth-order valence-electron chi connectivity index (χ4n) is 1.88. The van der Waals surface area contributed by atoms with Gasteiger partial charge in [0.25, 0.3) is 0 Å². The van der Waals surface area contributed by atoms with Crippen LogP contribution in [0.2, 0.25) is 0 Å². The third kappa shape index (κ3) is 2.20.